The van der Waals surface area contributed by atoms with Crippen LogP contribution < -0.4 is 0 Å². The third kappa shape index (κ3) is 20.5. The Kier molecular flexibility index (Phi) is 19.6. The van der Waals surface area contributed by atoms with Crippen molar-refractivity contribution in [3.05, 3.63) is 82.5 Å². The van der Waals surface area contributed by atoms with Crippen molar-refractivity contribution >= 4 is 0 Å². The quantitative estimate of drug-likeness (QED) is 0.162. The Morgan fingerprint density at radius 3 is 1.58 bits per heavy atom. The fraction of sp³-hybridized carbons (Fsp3) is 0.562. The molecule has 0 saturated heterocycles. The van der Waals surface area contributed by atoms with Gasteiger partial charge in [0.05, 0.1) is 0 Å². The van der Waals surface area contributed by atoms with Gasteiger partial charge in [-0.1, -0.05) is 82.5 Å². The molecule has 1 heteroatoms. The van der Waals surface area contributed by atoms with Gasteiger partial charge < -0.3 is 5.11 Å². The molecule has 0 aliphatic rings. The smallest absolute Gasteiger partial charge is 0.0465 e. The van der Waals surface area contributed by atoms with Gasteiger partial charge in [-0.2, -0.15) is 0 Å². The molecular weight excluding hydrogens is 400 g/mol. The predicted molar refractivity (Wildman–Crippen MR) is 151 cm³/mol. The van der Waals surface area contributed by atoms with Crippen molar-refractivity contribution in [2.75, 3.05) is 6.61 Å². The van der Waals surface area contributed by atoms with E-state index in [1.807, 2.05) is 6.08 Å². The topological polar surface area (TPSA) is 20.2 Å². The zero-order valence-electron chi connectivity index (χ0n) is 22.7. The molecule has 0 bridgehead atoms. The van der Waals surface area contributed by atoms with Crippen molar-refractivity contribution in [2.45, 2.75) is 112 Å². The molecular formula is C32H52O. The number of allylic oxidation sites excluding steroid dienone is 12. The molecule has 0 radical (unpaired) electrons. The molecule has 0 saturated carbocycles. The summed E-state index contributed by atoms with van der Waals surface area (Å²) < 4.78 is 0. The molecule has 0 aliphatic carbocycles. The number of rotatable bonds is 18. The molecule has 0 aromatic rings. The van der Waals surface area contributed by atoms with Gasteiger partial charge in [-0.3, -0.25) is 0 Å². The lowest BCUT2D eigenvalue weighted by Crippen LogP contribution is -1.89. The first-order chi connectivity index (χ1) is 15.8. The summed E-state index contributed by atoms with van der Waals surface area (Å²) >= 11 is 0. The zero-order chi connectivity index (χ0) is 24.9. The van der Waals surface area contributed by atoms with E-state index in [1.54, 1.807) is 5.57 Å². The van der Waals surface area contributed by atoms with E-state index in [0.717, 1.165) is 51.4 Å². The molecule has 1 N–H and O–H groups in total. The normalized spacial score (nSPS) is 14.0. The van der Waals surface area contributed by atoms with Gasteiger partial charge in [-0.25, -0.2) is 0 Å². The van der Waals surface area contributed by atoms with Crippen LogP contribution >= 0.6 is 0 Å². The van der Waals surface area contributed by atoms with E-state index < -0.39 is 0 Å². The molecule has 0 aromatic heterocycles. The Morgan fingerprint density at radius 2 is 1.03 bits per heavy atom. The number of aliphatic hydroxyl groups is 1. The van der Waals surface area contributed by atoms with Crippen LogP contribution in [0.1, 0.15) is 112 Å². The highest BCUT2D eigenvalue weighted by molar-refractivity contribution is 5.13. The minimum atomic E-state index is 0.247. The molecule has 0 aliphatic heterocycles. The van der Waals surface area contributed by atoms with Crippen LogP contribution in [0.5, 0.6) is 0 Å². The van der Waals surface area contributed by atoms with Crippen molar-refractivity contribution in [2.24, 2.45) is 0 Å². The molecule has 0 heterocycles. The summed E-state index contributed by atoms with van der Waals surface area (Å²) in [4.78, 5) is 0. The Morgan fingerprint density at radius 1 is 0.545 bits per heavy atom. The molecule has 0 spiro atoms. The lowest BCUT2D eigenvalue weighted by atomic mass is 9.98. The molecule has 0 fully saturated rings. The van der Waals surface area contributed by atoms with Crippen LogP contribution in [0.25, 0.3) is 0 Å². The Labute approximate surface area is 206 Å². The maximum atomic E-state index is 8.90. The number of hydrogen-bond donors (Lipinski definition) is 1. The molecule has 33 heavy (non-hydrogen) atoms. The van der Waals surface area contributed by atoms with Gasteiger partial charge in [0, 0.05) is 6.61 Å². The van der Waals surface area contributed by atoms with E-state index in [1.165, 1.54) is 47.1 Å². The third-order valence-corrected chi connectivity index (χ3v) is 5.92. The predicted octanol–water partition coefficient (Wildman–Crippen LogP) is 10.1. The van der Waals surface area contributed by atoms with Gasteiger partial charge in [-0.05, 0) is 112 Å². The lowest BCUT2D eigenvalue weighted by molar-refractivity contribution is 0.302. The highest BCUT2D eigenvalue weighted by atomic mass is 16.2. The highest BCUT2D eigenvalue weighted by Crippen LogP contribution is 2.20. The van der Waals surface area contributed by atoms with E-state index >= 15 is 0 Å². The van der Waals surface area contributed by atoms with Gasteiger partial charge in [0.15, 0.2) is 0 Å². The summed E-state index contributed by atoms with van der Waals surface area (Å²) in [6.07, 6.45) is 28.0. The molecule has 0 amide bonds. The molecule has 186 valence electrons. The molecule has 0 rings (SSSR count). The average Bonchev–Trinajstić information content (AvgIpc) is 2.75. The van der Waals surface area contributed by atoms with Gasteiger partial charge in [-0.15, -0.1) is 0 Å². The summed E-state index contributed by atoms with van der Waals surface area (Å²) in [6.45, 7) is 17.3. The lowest BCUT2D eigenvalue weighted by Gasteiger charge is -2.09. The standard InChI is InChI=1S/C32H52O/c1-8-14-28(4)20-12-23-32(22-9-15-27(2)3)25-24-31(7)19-11-17-29(5)16-10-18-30(6)21-13-26-33/h8,14-16,19,21,23,33H,1,9-13,17-18,20,22,24-26H2,2-7H3. The van der Waals surface area contributed by atoms with Gasteiger partial charge >= 0.3 is 0 Å². The fourth-order valence-electron chi connectivity index (χ4n) is 3.73. The Balaban J connectivity index is 4.59. The van der Waals surface area contributed by atoms with Crippen LogP contribution in [0.15, 0.2) is 82.5 Å². The summed E-state index contributed by atoms with van der Waals surface area (Å²) in [7, 11) is 0. The Hall–Kier alpha value is -1.86. The molecule has 0 aromatic carbocycles. The second kappa shape index (κ2) is 20.7. The van der Waals surface area contributed by atoms with Gasteiger partial charge in [0.25, 0.3) is 0 Å². The average molecular weight is 453 g/mol. The van der Waals surface area contributed by atoms with Crippen LogP contribution in [0.3, 0.4) is 0 Å². The maximum absolute atomic E-state index is 8.90. The fourth-order valence-corrected chi connectivity index (χ4v) is 3.73. The minimum Gasteiger partial charge on any atom is -0.396 e. The van der Waals surface area contributed by atoms with Crippen molar-refractivity contribution in [1.29, 1.82) is 0 Å². The molecule has 0 atom stereocenters. The van der Waals surface area contributed by atoms with Crippen molar-refractivity contribution in [3.63, 3.8) is 0 Å². The third-order valence-electron chi connectivity index (χ3n) is 5.92. The van der Waals surface area contributed by atoms with Crippen LogP contribution in [-0.2, 0) is 0 Å². The first-order valence-electron chi connectivity index (χ1n) is 13.0. The van der Waals surface area contributed by atoms with Crippen LogP contribution in [0, 0.1) is 0 Å². The van der Waals surface area contributed by atoms with E-state index in [9.17, 15) is 0 Å². The van der Waals surface area contributed by atoms with E-state index in [0.29, 0.717) is 0 Å². The summed E-state index contributed by atoms with van der Waals surface area (Å²) in [5.74, 6) is 0. The number of hydrogen-bond acceptors (Lipinski definition) is 1. The van der Waals surface area contributed by atoms with Crippen LogP contribution in [-0.4, -0.2) is 11.7 Å². The monoisotopic (exact) mass is 452 g/mol. The molecule has 0 unspecified atom stereocenters. The largest absolute Gasteiger partial charge is 0.396 e. The van der Waals surface area contributed by atoms with Gasteiger partial charge in [0.1, 0.15) is 0 Å². The van der Waals surface area contributed by atoms with E-state index in [-0.39, 0.29) is 6.61 Å². The second-order valence-electron chi connectivity index (χ2n) is 9.71. The van der Waals surface area contributed by atoms with Crippen LogP contribution in [0.2, 0.25) is 0 Å². The highest BCUT2D eigenvalue weighted by Gasteiger charge is 2.00. The SMILES string of the molecule is C=CC=C(C)CCC=C(CCC=C(C)C)CCC(C)=CCCC(C)=CCCC(C)=CCCO. The number of aliphatic hydroxyl groups excluding tert-OH is 1. The second-order valence-corrected chi connectivity index (χ2v) is 9.71. The summed E-state index contributed by atoms with van der Waals surface area (Å²) in [6, 6.07) is 0. The maximum Gasteiger partial charge on any atom is 0.0465 e. The van der Waals surface area contributed by atoms with E-state index in [2.05, 4.69) is 84.6 Å². The minimum absolute atomic E-state index is 0.247. The van der Waals surface area contributed by atoms with Crippen LogP contribution in [0.4, 0.5) is 0 Å². The van der Waals surface area contributed by atoms with Crippen molar-refractivity contribution in [3.8, 4) is 0 Å². The summed E-state index contributed by atoms with van der Waals surface area (Å²) in [5.41, 5.74) is 8.80. The Bertz CT molecular complexity index is 718. The van der Waals surface area contributed by atoms with E-state index in [4.69, 9.17) is 5.11 Å². The van der Waals surface area contributed by atoms with Crippen molar-refractivity contribution in [1.82, 2.24) is 0 Å². The first kappa shape index (κ1) is 31.1. The van der Waals surface area contributed by atoms with Gasteiger partial charge in [0.2, 0.25) is 0 Å². The molecule has 1 nitrogen and oxygen atoms in total. The first-order valence-corrected chi connectivity index (χ1v) is 13.0. The summed E-state index contributed by atoms with van der Waals surface area (Å²) in [5, 5.41) is 8.90. The van der Waals surface area contributed by atoms with Crippen molar-refractivity contribution < 1.29 is 5.11 Å². The zero-order valence-corrected chi connectivity index (χ0v) is 22.7.